The lowest BCUT2D eigenvalue weighted by Crippen LogP contribution is -2.25. The van der Waals surface area contributed by atoms with E-state index < -0.39 is 0 Å². The maximum atomic E-state index is 5.12. The van der Waals surface area contributed by atoms with Gasteiger partial charge in [0, 0.05) is 32.0 Å². The molecule has 0 aliphatic heterocycles. The number of hydrogen-bond donors (Lipinski definition) is 1. The third-order valence-corrected chi connectivity index (χ3v) is 2.75. The Morgan fingerprint density at radius 2 is 2.00 bits per heavy atom. The van der Waals surface area contributed by atoms with Gasteiger partial charge in [-0.15, -0.1) is 0 Å². The molecule has 5 heteroatoms. The molecule has 0 amide bonds. The van der Waals surface area contributed by atoms with Crippen molar-refractivity contribution in [2.45, 2.75) is 27.2 Å². The summed E-state index contributed by atoms with van der Waals surface area (Å²) in [6, 6.07) is 1.81. The molecule has 0 bridgehead atoms. The second-order valence-electron chi connectivity index (χ2n) is 5.14. The zero-order chi connectivity index (χ0) is 13.6. The Kier molecular flexibility index (Phi) is 5.34. The Morgan fingerprint density at radius 3 is 2.61 bits per heavy atom. The van der Waals surface area contributed by atoms with Gasteiger partial charge < -0.3 is 14.8 Å². The molecule has 0 aromatic carbocycles. The van der Waals surface area contributed by atoms with E-state index in [1.54, 1.807) is 20.3 Å². The summed E-state index contributed by atoms with van der Waals surface area (Å²) >= 11 is 0. The van der Waals surface area contributed by atoms with Gasteiger partial charge in [-0.25, -0.2) is 4.98 Å². The van der Waals surface area contributed by atoms with Crippen LogP contribution in [0.25, 0.3) is 0 Å². The summed E-state index contributed by atoms with van der Waals surface area (Å²) in [5, 5.41) is 3.25. The van der Waals surface area contributed by atoms with E-state index in [2.05, 4.69) is 29.1 Å². The van der Waals surface area contributed by atoms with Crippen LogP contribution in [-0.4, -0.2) is 37.3 Å². The molecule has 0 saturated carbocycles. The zero-order valence-electron chi connectivity index (χ0n) is 11.9. The van der Waals surface area contributed by atoms with Crippen molar-refractivity contribution in [3.8, 4) is 5.88 Å². The largest absolute Gasteiger partial charge is 0.481 e. The van der Waals surface area contributed by atoms with Crippen molar-refractivity contribution in [2.75, 3.05) is 32.7 Å². The Labute approximate surface area is 109 Å². The maximum absolute atomic E-state index is 5.12. The first kappa shape index (κ1) is 14.7. The summed E-state index contributed by atoms with van der Waals surface area (Å²) < 4.78 is 10.2. The second kappa shape index (κ2) is 6.54. The van der Waals surface area contributed by atoms with Crippen molar-refractivity contribution >= 4 is 5.95 Å². The van der Waals surface area contributed by atoms with Gasteiger partial charge in [0.05, 0.1) is 7.11 Å². The van der Waals surface area contributed by atoms with Crippen molar-refractivity contribution in [3.63, 3.8) is 0 Å². The van der Waals surface area contributed by atoms with E-state index in [1.165, 1.54) is 0 Å². The molecule has 1 rings (SSSR count). The van der Waals surface area contributed by atoms with Crippen LogP contribution in [0.5, 0.6) is 5.88 Å². The van der Waals surface area contributed by atoms with E-state index in [0.717, 1.165) is 25.3 Å². The van der Waals surface area contributed by atoms with Crippen molar-refractivity contribution in [1.29, 1.82) is 0 Å². The molecule has 5 nitrogen and oxygen atoms in total. The molecule has 1 heterocycles. The van der Waals surface area contributed by atoms with Crippen LogP contribution >= 0.6 is 0 Å². The molecule has 0 aliphatic carbocycles. The SMILES string of the molecule is COCCC(C)(C)CNc1nc(C)cc(OC)n1. The quantitative estimate of drug-likeness (QED) is 0.808. The van der Waals surface area contributed by atoms with Gasteiger partial charge in [-0.3, -0.25) is 0 Å². The number of nitrogens with zero attached hydrogens (tertiary/aromatic N) is 2. The molecule has 0 saturated heterocycles. The van der Waals surface area contributed by atoms with Gasteiger partial charge in [0.2, 0.25) is 11.8 Å². The van der Waals surface area contributed by atoms with Crippen LogP contribution in [0.15, 0.2) is 6.07 Å². The lowest BCUT2D eigenvalue weighted by molar-refractivity contribution is 0.157. The standard InChI is InChI=1S/C13H23N3O2/c1-10-8-11(18-5)16-12(15-10)14-9-13(2,3)6-7-17-4/h8H,6-7,9H2,1-5H3,(H,14,15,16). The first-order chi connectivity index (χ1) is 8.46. The van der Waals surface area contributed by atoms with Crippen LogP contribution in [0.2, 0.25) is 0 Å². The molecule has 0 atom stereocenters. The zero-order valence-corrected chi connectivity index (χ0v) is 11.9. The third-order valence-electron chi connectivity index (χ3n) is 2.75. The number of hydrogen-bond acceptors (Lipinski definition) is 5. The van der Waals surface area contributed by atoms with Crippen LogP contribution in [0.1, 0.15) is 26.0 Å². The predicted octanol–water partition coefficient (Wildman–Crippen LogP) is 2.27. The lowest BCUT2D eigenvalue weighted by atomic mass is 9.90. The Balaban J connectivity index is 2.59. The molecule has 0 fully saturated rings. The molecule has 0 spiro atoms. The number of aryl methyl sites for hydroxylation is 1. The predicted molar refractivity (Wildman–Crippen MR) is 72.1 cm³/mol. The second-order valence-corrected chi connectivity index (χ2v) is 5.14. The highest BCUT2D eigenvalue weighted by molar-refractivity contribution is 5.30. The van der Waals surface area contributed by atoms with Gasteiger partial charge in [0.1, 0.15) is 0 Å². The molecule has 1 aromatic rings. The van der Waals surface area contributed by atoms with Crippen molar-refractivity contribution in [1.82, 2.24) is 9.97 Å². The minimum Gasteiger partial charge on any atom is -0.481 e. The highest BCUT2D eigenvalue weighted by atomic mass is 16.5. The van der Waals surface area contributed by atoms with Crippen molar-refractivity contribution in [2.24, 2.45) is 5.41 Å². The first-order valence-corrected chi connectivity index (χ1v) is 6.09. The minimum absolute atomic E-state index is 0.135. The number of ether oxygens (including phenoxy) is 2. The number of aromatic nitrogens is 2. The smallest absolute Gasteiger partial charge is 0.226 e. The van der Waals surface area contributed by atoms with Gasteiger partial charge in [-0.2, -0.15) is 4.98 Å². The van der Waals surface area contributed by atoms with E-state index in [4.69, 9.17) is 9.47 Å². The summed E-state index contributed by atoms with van der Waals surface area (Å²) in [7, 11) is 3.33. The molecule has 1 aromatic heterocycles. The summed E-state index contributed by atoms with van der Waals surface area (Å²) in [5.74, 6) is 1.19. The summed E-state index contributed by atoms with van der Waals surface area (Å²) in [6.07, 6.45) is 0.986. The Hall–Kier alpha value is -1.36. The molecule has 0 radical (unpaired) electrons. The molecule has 0 unspecified atom stereocenters. The van der Waals surface area contributed by atoms with E-state index in [0.29, 0.717) is 11.8 Å². The van der Waals surface area contributed by atoms with Gasteiger partial charge in [-0.1, -0.05) is 13.8 Å². The average molecular weight is 253 g/mol. The number of anilines is 1. The van der Waals surface area contributed by atoms with Crippen LogP contribution in [0.3, 0.4) is 0 Å². The highest BCUT2D eigenvalue weighted by Gasteiger charge is 2.17. The van der Waals surface area contributed by atoms with Gasteiger partial charge in [-0.05, 0) is 18.8 Å². The first-order valence-electron chi connectivity index (χ1n) is 6.09. The fraction of sp³-hybridized carbons (Fsp3) is 0.692. The average Bonchev–Trinajstić information content (AvgIpc) is 2.33. The molecule has 1 N–H and O–H groups in total. The topological polar surface area (TPSA) is 56.3 Å². The number of methoxy groups -OCH3 is 2. The van der Waals surface area contributed by atoms with Crippen LogP contribution in [0, 0.1) is 12.3 Å². The molecular formula is C13H23N3O2. The van der Waals surface area contributed by atoms with Crippen LogP contribution in [0.4, 0.5) is 5.95 Å². The summed E-state index contributed by atoms with van der Waals surface area (Å²) in [4.78, 5) is 8.59. The van der Waals surface area contributed by atoms with Gasteiger partial charge in [0.15, 0.2) is 0 Å². The third kappa shape index (κ3) is 4.87. The van der Waals surface area contributed by atoms with Crippen LogP contribution in [-0.2, 0) is 4.74 Å². The fourth-order valence-electron chi connectivity index (χ4n) is 1.51. The maximum Gasteiger partial charge on any atom is 0.226 e. The summed E-state index contributed by atoms with van der Waals surface area (Å²) in [6.45, 7) is 7.85. The molecular weight excluding hydrogens is 230 g/mol. The van der Waals surface area contributed by atoms with E-state index >= 15 is 0 Å². The van der Waals surface area contributed by atoms with E-state index in [1.807, 2.05) is 6.92 Å². The molecule has 18 heavy (non-hydrogen) atoms. The Morgan fingerprint density at radius 1 is 1.28 bits per heavy atom. The van der Waals surface area contributed by atoms with E-state index in [9.17, 15) is 0 Å². The Bertz CT molecular complexity index is 380. The molecule has 102 valence electrons. The number of rotatable bonds is 7. The fourth-order valence-corrected chi connectivity index (χ4v) is 1.51. The monoisotopic (exact) mass is 253 g/mol. The summed E-state index contributed by atoms with van der Waals surface area (Å²) in [5.41, 5.74) is 1.02. The lowest BCUT2D eigenvalue weighted by Gasteiger charge is -2.24. The minimum atomic E-state index is 0.135. The highest BCUT2D eigenvalue weighted by Crippen LogP contribution is 2.21. The molecule has 0 aliphatic rings. The number of nitrogens with one attached hydrogen (secondary N) is 1. The van der Waals surface area contributed by atoms with Gasteiger partial charge >= 0.3 is 0 Å². The van der Waals surface area contributed by atoms with Crippen LogP contribution < -0.4 is 10.1 Å². The normalized spacial score (nSPS) is 11.4. The van der Waals surface area contributed by atoms with E-state index in [-0.39, 0.29) is 5.41 Å². The van der Waals surface area contributed by atoms with Crippen molar-refractivity contribution < 1.29 is 9.47 Å². The van der Waals surface area contributed by atoms with Crippen molar-refractivity contribution in [3.05, 3.63) is 11.8 Å². The van der Waals surface area contributed by atoms with Gasteiger partial charge in [0.25, 0.3) is 0 Å².